The maximum absolute atomic E-state index is 13.6. The number of amides is 3. The number of likely N-dealkylation sites (N-methyl/N-ethyl adjacent to an activating group) is 1. The number of benzene rings is 2. The number of guanidine groups is 1. The van der Waals surface area contributed by atoms with E-state index in [1.165, 1.54) is 10.5 Å². The van der Waals surface area contributed by atoms with Crippen molar-refractivity contribution >= 4 is 23.6 Å². The van der Waals surface area contributed by atoms with E-state index >= 15 is 0 Å². The molecule has 0 saturated carbocycles. The maximum Gasteiger partial charge on any atom is 0.328 e. The number of carbonyl (C=O) groups is 2. The molecule has 0 aliphatic carbocycles. The number of ether oxygens (including phenoxy) is 1. The molecule has 2 atom stereocenters. The van der Waals surface area contributed by atoms with E-state index in [2.05, 4.69) is 12.1 Å². The van der Waals surface area contributed by atoms with Gasteiger partial charge in [0, 0.05) is 25.5 Å². The van der Waals surface area contributed by atoms with Crippen LogP contribution in [-0.2, 0) is 11.2 Å². The van der Waals surface area contributed by atoms with Crippen LogP contribution < -0.4 is 9.64 Å². The van der Waals surface area contributed by atoms with Crippen molar-refractivity contribution in [1.29, 1.82) is 0 Å². The highest BCUT2D eigenvalue weighted by Crippen LogP contribution is 2.39. The van der Waals surface area contributed by atoms with Crippen LogP contribution in [0.15, 0.2) is 71.5 Å². The molecule has 2 unspecified atom stereocenters. The summed E-state index contributed by atoms with van der Waals surface area (Å²) in [5.74, 6) is 1.18. The molecule has 3 heterocycles. The van der Waals surface area contributed by atoms with E-state index in [0.717, 1.165) is 23.6 Å². The Hall–Kier alpha value is -3.81. The zero-order chi connectivity index (χ0) is 23.8. The summed E-state index contributed by atoms with van der Waals surface area (Å²) in [6.45, 7) is 4.85. The number of rotatable bonds is 7. The first-order valence-corrected chi connectivity index (χ1v) is 11.7. The molecular weight excluding hydrogens is 430 g/mol. The van der Waals surface area contributed by atoms with Crippen LogP contribution in [0.4, 0.5) is 10.5 Å². The van der Waals surface area contributed by atoms with Gasteiger partial charge in [0.15, 0.2) is 12.2 Å². The number of hydrogen-bond donors (Lipinski definition) is 0. The lowest BCUT2D eigenvalue weighted by Crippen LogP contribution is -2.64. The average Bonchev–Trinajstić information content (AvgIpc) is 3.36. The number of allylic oxidation sites excluding steroid dienone is 1. The fourth-order valence-electron chi connectivity index (χ4n) is 4.86. The minimum absolute atomic E-state index is 0.205. The summed E-state index contributed by atoms with van der Waals surface area (Å²) in [4.78, 5) is 38.3. The topological polar surface area (TPSA) is 68.7 Å². The summed E-state index contributed by atoms with van der Waals surface area (Å²) in [6.07, 6.45) is 2.90. The van der Waals surface area contributed by atoms with Crippen LogP contribution in [0.2, 0.25) is 0 Å². The Balaban J connectivity index is 1.38. The Morgan fingerprint density at radius 2 is 1.76 bits per heavy atom. The molecule has 1 fully saturated rings. The molecule has 0 aromatic heterocycles. The first-order chi connectivity index (χ1) is 16.5. The van der Waals surface area contributed by atoms with Crippen molar-refractivity contribution in [2.45, 2.75) is 38.9 Å². The predicted molar refractivity (Wildman–Crippen MR) is 130 cm³/mol. The van der Waals surface area contributed by atoms with Gasteiger partial charge in [-0.3, -0.25) is 14.6 Å². The van der Waals surface area contributed by atoms with Gasteiger partial charge in [-0.2, -0.15) is 0 Å². The second-order valence-corrected chi connectivity index (χ2v) is 8.67. The molecule has 3 aliphatic heterocycles. The summed E-state index contributed by atoms with van der Waals surface area (Å²) in [7, 11) is 1.72. The number of para-hydroxylation sites is 2. The highest BCUT2D eigenvalue weighted by molar-refractivity contribution is 6.10. The molecule has 0 N–H and O–H groups in total. The van der Waals surface area contributed by atoms with Gasteiger partial charge in [-0.25, -0.2) is 9.79 Å². The van der Waals surface area contributed by atoms with Crippen molar-refractivity contribution in [3.05, 3.63) is 72.1 Å². The minimum atomic E-state index is -0.575. The van der Waals surface area contributed by atoms with E-state index in [4.69, 9.17) is 9.73 Å². The van der Waals surface area contributed by atoms with Gasteiger partial charge in [0.2, 0.25) is 5.96 Å². The van der Waals surface area contributed by atoms with Crippen molar-refractivity contribution in [2.75, 3.05) is 25.1 Å². The molecule has 8 heteroatoms. The Kier molecular flexibility index (Phi) is 5.73. The molecule has 8 nitrogen and oxygen atoms in total. The molecule has 2 aromatic carbocycles. The third kappa shape index (κ3) is 3.59. The van der Waals surface area contributed by atoms with Gasteiger partial charge < -0.3 is 14.5 Å². The predicted octanol–water partition coefficient (Wildman–Crippen LogP) is 3.66. The molecule has 2 aromatic rings. The Morgan fingerprint density at radius 3 is 2.53 bits per heavy atom. The van der Waals surface area contributed by atoms with E-state index < -0.39 is 12.2 Å². The number of urea groups is 1. The number of carbonyl (C=O) groups excluding carboxylic acids is 2. The lowest BCUT2D eigenvalue weighted by Gasteiger charge is -2.40. The van der Waals surface area contributed by atoms with Crippen molar-refractivity contribution in [3.8, 4) is 5.75 Å². The number of imide groups is 1. The highest BCUT2D eigenvalue weighted by Gasteiger charge is 2.54. The van der Waals surface area contributed by atoms with Crippen LogP contribution in [-0.4, -0.2) is 65.0 Å². The Labute approximate surface area is 199 Å². The normalized spacial score (nSPS) is 21.5. The first kappa shape index (κ1) is 22.0. The van der Waals surface area contributed by atoms with Crippen molar-refractivity contribution in [2.24, 2.45) is 4.99 Å². The molecule has 5 rings (SSSR count). The monoisotopic (exact) mass is 459 g/mol. The molecule has 3 aliphatic rings. The van der Waals surface area contributed by atoms with Gasteiger partial charge in [-0.15, -0.1) is 0 Å². The molecule has 1 saturated heterocycles. The fourth-order valence-corrected chi connectivity index (χ4v) is 4.86. The first-order valence-electron chi connectivity index (χ1n) is 11.7. The van der Waals surface area contributed by atoms with E-state index in [-0.39, 0.29) is 11.9 Å². The highest BCUT2D eigenvalue weighted by atomic mass is 16.5. The largest absolute Gasteiger partial charge is 0.492 e. The standard InChI is InChI=1S/C26H29N5O3/c1-4-34-21-15-9-8-14-20(21)31-18(2)17-30-22-23(27-25(30)31)28(3)26(33)29(24(22)32)16-10-13-19-11-6-5-7-12-19/h5-9,11-12,14-15,17,22-23H,4,10,13,16H2,1-3H3. The average molecular weight is 460 g/mol. The number of fused-ring (bicyclic) bond motifs is 3. The van der Waals surface area contributed by atoms with E-state index in [1.54, 1.807) is 11.9 Å². The van der Waals surface area contributed by atoms with Gasteiger partial charge in [-0.1, -0.05) is 42.5 Å². The Morgan fingerprint density at radius 1 is 1.03 bits per heavy atom. The van der Waals surface area contributed by atoms with Crippen LogP contribution in [0, 0.1) is 0 Å². The van der Waals surface area contributed by atoms with Crippen molar-refractivity contribution in [1.82, 2.24) is 14.7 Å². The number of hydrogen-bond acceptors (Lipinski definition) is 6. The lowest BCUT2D eigenvalue weighted by molar-refractivity contribution is -0.136. The van der Waals surface area contributed by atoms with Crippen LogP contribution in [0.5, 0.6) is 5.75 Å². The van der Waals surface area contributed by atoms with Gasteiger partial charge >= 0.3 is 6.03 Å². The third-order valence-corrected chi connectivity index (χ3v) is 6.48. The van der Waals surface area contributed by atoms with Crippen LogP contribution in [0.1, 0.15) is 25.8 Å². The summed E-state index contributed by atoms with van der Waals surface area (Å²) >= 11 is 0. The molecular formula is C26H29N5O3. The summed E-state index contributed by atoms with van der Waals surface area (Å²) in [6, 6.07) is 17.0. The van der Waals surface area contributed by atoms with Crippen molar-refractivity contribution < 1.29 is 14.3 Å². The van der Waals surface area contributed by atoms with Crippen LogP contribution >= 0.6 is 0 Å². The maximum atomic E-state index is 13.6. The summed E-state index contributed by atoms with van der Waals surface area (Å²) < 4.78 is 5.84. The fraction of sp³-hybridized carbons (Fsp3) is 0.346. The van der Waals surface area contributed by atoms with E-state index in [9.17, 15) is 9.59 Å². The van der Waals surface area contributed by atoms with E-state index in [1.807, 2.05) is 72.3 Å². The zero-order valence-corrected chi connectivity index (χ0v) is 19.7. The number of nitrogens with zero attached hydrogens (tertiary/aromatic N) is 5. The van der Waals surface area contributed by atoms with E-state index in [0.29, 0.717) is 25.5 Å². The SMILES string of the molecule is CCOc1ccccc1N1C(C)=CN2C1=NC1C2C(=O)N(CCCc2ccccc2)C(=O)N1C. The van der Waals surface area contributed by atoms with Gasteiger partial charge in [0.25, 0.3) is 5.91 Å². The molecule has 34 heavy (non-hydrogen) atoms. The minimum Gasteiger partial charge on any atom is -0.492 e. The number of aliphatic imine (C=N–C) groups is 1. The molecule has 3 amide bonds. The third-order valence-electron chi connectivity index (χ3n) is 6.48. The summed E-state index contributed by atoms with van der Waals surface area (Å²) in [5.41, 5.74) is 2.99. The van der Waals surface area contributed by atoms with Gasteiger partial charge in [0.1, 0.15) is 5.75 Å². The second kappa shape index (κ2) is 8.85. The van der Waals surface area contributed by atoms with Crippen LogP contribution in [0.25, 0.3) is 0 Å². The summed E-state index contributed by atoms with van der Waals surface area (Å²) in [5, 5.41) is 0. The molecule has 0 spiro atoms. The van der Waals surface area contributed by atoms with Crippen molar-refractivity contribution in [3.63, 3.8) is 0 Å². The number of anilines is 1. The molecule has 176 valence electrons. The number of aryl methyl sites for hydroxylation is 1. The second-order valence-electron chi connectivity index (χ2n) is 8.67. The van der Waals surface area contributed by atoms with Gasteiger partial charge in [-0.05, 0) is 44.4 Å². The quantitative estimate of drug-likeness (QED) is 0.632. The van der Waals surface area contributed by atoms with Gasteiger partial charge in [0.05, 0.1) is 12.3 Å². The smallest absolute Gasteiger partial charge is 0.328 e. The molecule has 0 radical (unpaired) electrons. The Bertz CT molecular complexity index is 1160. The van der Waals surface area contributed by atoms with Crippen LogP contribution in [0.3, 0.4) is 0 Å². The zero-order valence-electron chi connectivity index (χ0n) is 19.7. The lowest BCUT2D eigenvalue weighted by atomic mass is 10.1. The molecule has 0 bridgehead atoms.